The Morgan fingerprint density at radius 3 is 2.70 bits per heavy atom. The summed E-state index contributed by atoms with van der Waals surface area (Å²) in [4.78, 5) is 19.8. The van der Waals surface area contributed by atoms with Gasteiger partial charge >= 0.3 is 0 Å². The van der Waals surface area contributed by atoms with Crippen molar-refractivity contribution >= 4 is 85.2 Å². The standard InChI is InChI=1S/C29H29ClI2N2O2S/c30-23-12-6-4-8-18(23)17-36-27-19(14-20(31)15-24(27)32)16-33-29-26(22-11-5-7-13-25(22)37-29)28(35)34-21-9-2-1-3-10-21/h4,6,8,12,14-16,21H,1-3,5,7,9-11,13,17H2,(H,34,35). The van der Waals surface area contributed by atoms with E-state index in [0.29, 0.717) is 11.6 Å². The molecular weight excluding hydrogens is 730 g/mol. The number of fused-ring (bicyclic) bond motifs is 1. The Balaban J connectivity index is 1.44. The SMILES string of the molecule is O=C(NC1CCCCC1)c1c(N=Cc2cc(I)cc(I)c2OCc2ccccc2Cl)sc2c1CCCC2. The van der Waals surface area contributed by atoms with Crippen molar-refractivity contribution in [1.29, 1.82) is 0 Å². The summed E-state index contributed by atoms with van der Waals surface area (Å²) in [6, 6.07) is 12.2. The van der Waals surface area contributed by atoms with Gasteiger partial charge in [-0.1, -0.05) is 49.1 Å². The lowest BCUT2D eigenvalue weighted by molar-refractivity contribution is 0.0927. The Labute approximate surface area is 254 Å². The Kier molecular flexibility index (Phi) is 9.47. The van der Waals surface area contributed by atoms with Gasteiger partial charge in [-0.25, -0.2) is 4.99 Å². The average molecular weight is 759 g/mol. The molecule has 0 aliphatic heterocycles. The molecule has 1 N–H and O–H groups in total. The molecule has 1 fully saturated rings. The number of amides is 1. The Morgan fingerprint density at radius 1 is 1.11 bits per heavy atom. The molecule has 194 valence electrons. The second-order valence-electron chi connectivity index (χ2n) is 9.64. The summed E-state index contributed by atoms with van der Waals surface area (Å²) in [5, 5.41) is 4.84. The van der Waals surface area contributed by atoms with Crippen LogP contribution in [0, 0.1) is 7.14 Å². The number of hydrogen-bond acceptors (Lipinski definition) is 4. The molecule has 1 heterocycles. The zero-order valence-corrected chi connectivity index (χ0v) is 26.4. The molecular formula is C29H29ClI2N2O2S. The van der Waals surface area contributed by atoms with Crippen LogP contribution < -0.4 is 10.1 Å². The molecule has 1 amide bonds. The second-order valence-corrected chi connectivity index (χ2v) is 13.5. The zero-order valence-electron chi connectivity index (χ0n) is 20.5. The summed E-state index contributed by atoms with van der Waals surface area (Å²) >= 11 is 12.7. The number of aryl methyl sites for hydroxylation is 1. The molecule has 0 unspecified atom stereocenters. The first kappa shape index (κ1) is 27.4. The van der Waals surface area contributed by atoms with Crippen LogP contribution >= 0.6 is 68.1 Å². The maximum absolute atomic E-state index is 13.5. The maximum Gasteiger partial charge on any atom is 0.254 e. The van der Waals surface area contributed by atoms with E-state index in [1.807, 2.05) is 30.5 Å². The zero-order chi connectivity index (χ0) is 25.8. The Bertz CT molecular complexity index is 1320. The van der Waals surface area contributed by atoms with Crippen LogP contribution in [0.25, 0.3) is 0 Å². The van der Waals surface area contributed by atoms with Crippen LogP contribution in [0.3, 0.4) is 0 Å². The van der Waals surface area contributed by atoms with Gasteiger partial charge in [0.25, 0.3) is 5.91 Å². The third kappa shape index (κ3) is 6.70. The van der Waals surface area contributed by atoms with Crippen LogP contribution in [-0.2, 0) is 19.4 Å². The third-order valence-electron chi connectivity index (χ3n) is 7.01. The van der Waals surface area contributed by atoms with E-state index in [1.54, 1.807) is 11.3 Å². The highest BCUT2D eigenvalue weighted by atomic mass is 127. The number of halogens is 3. The van der Waals surface area contributed by atoms with Gasteiger partial charge in [-0.15, -0.1) is 11.3 Å². The van der Waals surface area contributed by atoms with E-state index in [9.17, 15) is 4.79 Å². The largest absolute Gasteiger partial charge is 0.487 e. The van der Waals surface area contributed by atoms with Crippen molar-refractivity contribution in [2.24, 2.45) is 4.99 Å². The molecule has 37 heavy (non-hydrogen) atoms. The molecule has 8 heteroatoms. The average Bonchev–Trinajstić information content (AvgIpc) is 3.27. The Morgan fingerprint density at radius 2 is 1.89 bits per heavy atom. The van der Waals surface area contributed by atoms with Gasteiger partial charge in [0.1, 0.15) is 17.4 Å². The van der Waals surface area contributed by atoms with Crippen LogP contribution in [0.1, 0.15) is 76.9 Å². The monoisotopic (exact) mass is 758 g/mol. The number of carbonyl (C=O) groups is 1. The van der Waals surface area contributed by atoms with Gasteiger partial charge in [0.05, 0.1) is 9.13 Å². The summed E-state index contributed by atoms with van der Waals surface area (Å²) in [6.07, 6.45) is 12.0. The molecule has 2 aromatic carbocycles. The fraction of sp³-hybridized carbons (Fsp3) is 0.379. The fourth-order valence-corrected chi connectivity index (χ4v) is 8.57. The van der Waals surface area contributed by atoms with Crippen molar-refractivity contribution in [1.82, 2.24) is 5.32 Å². The predicted octanol–water partition coefficient (Wildman–Crippen LogP) is 8.88. The van der Waals surface area contributed by atoms with Crippen molar-refractivity contribution in [3.05, 3.63) is 75.7 Å². The number of nitrogens with zero attached hydrogens (tertiary/aromatic N) is 1. The number of benzene rings is 2. The molecule has 1 aromatic heterocycles. The van der Waals surface area contributed by atoms with E-state index in [0.717, 1.165) is 66.7 Å². The highest BCUT2D eigenvalue weighted by Crippen LogP contribution is 2.40. The van der Waals surface area contributed by atoms with Gasteiger partial charge in [0.15, 0.2) is 0 Å². The summed E-state index contributed by atoms with van der Waals surface area (Å²) in [5.74, 6) is 0.824. The first-order valence-corrected chi connectivity index (χ1v) is 16.2. The van der Waals surface area contributed by atoms with Gasteiger partial charge in [-0.2, -0.15) is 0 Å². The highest BCUT2D eigenvalue weighted by Gasteiger charge is 2.27. The smallest absolute Gasteiger partial charge is 0.254 e. The quantitative estimate of drug-likeness (QED) is 0.194. The topological polar surface area (TPSA) is 50.7 Å². The van der Waals surface area contributed by atoms with Gasteiger partial charge in [0.2, 0.25) is 0 Å². The molecule has 0 spiro atoms. The van der Waals surface area contributed by atoms with Crippen LogP contribution in [0.15, 0.2) is 41.4 Å². The molecule has 4 nitrogen and oxygen atoms in total. The summed E-state index contributed by atoms with van der Waals surface area (Å²) in [5.41, 5.74) is 3.84. The van der Waals surface area contributed by atoms with E-state index in [1.165, 1.54) is 36.1 Å². The molecule has 2 aliphatic rings. The second kappa shape index (κ2) is 12.8. The minimum absolute atomic E-state index is 0.0471. The van der Waals surface area contributed by atoms with Crippen LogP contribution in [0.4, 0.5) is 5.00 Å². The minimum atomic E-state index is 0.0471. The first-order valence-electron chi connectivity index (χ1n) is 12.8. The lowest BCUT2D eigenvalue weighted by atomic mass is 9.93. The molecule has 1 saturated carbocycles. The number of hydrogen-bond donors (Lipinski definition) is 1. The maximum atomic E-state index is 13.5. The number of thiophene rings is 1. The molecule has 3 aromatic rings. The van der Waals surface area contributed by atoms with Gasteiger partial charge in [-0.05, 0) is 107 Å². The van der Waals surface area contributed by atoms with E-state index in [4.69, 9.17) is 21.3 Å². The minimum Gasteiger partial charge on any atom is -0.487 e. The van der Waals surface area contributed by atoms with Crippen molar-refractivity contribution in [3.8, 4) is 5.75 Å². The van der Waals surface area contributed by atoms with E-state index < -0.39 is 0 Å². The summed E-state index contributed by atoms with van der Waals surface area (Å²) < 4.78 is 8.39. The molecule has 0 bridgehead atoms. The van der Waals surface area contributed by atoms with Gasteiger partial charge in [-0.3, -0.25) is 4.79 Å². The molecule has 5 rings (SSSR count). The number of ether oxygens (including phenoxy) is 1. The van der Waals surface area contributed by atoms with Crippen molar-refractivity contribution in [2.75, 3.05) is 0 Å². The normalized spacial score (nSPS) is 16.1. The lowest BCUT2D eigenvalue weighted by Crippen LogP contribution is -2.36. The van der Waals surface area contributed by atoms with E-state index >= 15 is 0 Å². The van der Waals surface area contributed by atoms with Crippen LogP contribution in [-0.4, -0.2) is 18.2 Å². The van der Waals surface area contributed by atoms with Gasteiger partial charge in [0, 0.05) is 36.9 Å². The first-order chi connectivity index (χ1) is 18.0. The van der Waals surface area contributed by atoms with Crippen LogP contribution in [0.2, 0.25) is 5.02 Å². The van der Waals surface area contributed by atoms with Gasteiger partial charge < -0.3 is 10.1 Å². The van der Waals surface area contributed by atoms with Crippen molar-refractivity contribution in [3.63, 3.8) is 0 Å². The number of rotatable bonds is 7. The number of aliphatic imine (C=N–C) groups is 1. The highest BCUT2D eigenvalue weighted by molar-refractivity contribution is 14.1. The Hall–Kier alpha value is -1.17. The molecule has 0 radical (unpaired) electrons. The number of carbonyl (C=O) groups excluding carboxylic acids is 1. The van der Waals surface area contributed by atoms with E-state index in [2.05, 4.69) is 62.6 Å². The molecule has 0 saturated heterocycles. The molecule has 2 aliphatic carbocycles. The lowest BCUT2D eigenvalue weighted by Gasteiger charge is -2.23. The summed E-state index contributed by atoms with van der Waals surface area (Å²) in [7, 11) is 0. The fourth-order valence-electron chi connectivity index (χ4n) is 5.10. The molecule has 0 atom stereocenters. The van der Waals surface area contributed by atoms with E-state index in [-0.39, 0.29) is 11.9 Å². The predicted molar refractivity (Wildman–Crippen MR) is 170 cm³/mol. The van der Waals surface area contributed by atoms with Crippen molar-refractivity contribution < 1.29 is 9.53 Å². The number of nitrogens with one attached hydrogen (secondary N) is 1. The third-order valence-corrected chi connectivity index (χ3v) is 10.0. The summed E-state index contributed by atoms with van der Waals surface area (Å²) in [6.45, 7) is 0.374. The van der Waals surface area contributed by atoms with Crippen molar-refractivity contribution in [2.45, 2.75) is 70.4 Å². The van der Waals surface area contributed by atoms with Crippen LogP contribution in [0.5, 0.6) is 5.75 Å².